The lowest BCUT2D eigenvalue weighted by molar-refractivity contribution is -0.118. The van der Waals surface area contributed by atoms with Crippen LogP contribution in [0.25, 0.3) is 0 Å². The summed E-state index contributed by atoms with van der Waals surface area (Å²) in [6.45, 7) is 1.08. The third-order valence-corrected chi connectivity index (χ3v) is 3.58. The number of benzene rings is 1. The summed E-state index contributed by atoms with van der Waals surface area (Å²) in [4.78, 5) is 11.3. The Kier molecular flexibility index (Phi) is 3.40. The van der Waals surface area contributed by atoms with Crippen molar-refractivity contribution in [3.63, 3.8) is 0 Å². The maximum Gasteiger partial charge on any atom is 0.262 e. The van der Waals surface area contributed by atoms with E-state index in [1.54, 1.807) is 0 Å². The molecular weight excluding hydrogens is 240 g/mol. The van der Waals surface area contributed by atoms with Gasteiger partial charge in [0.15, 0.2) is 6.61 Å². The first-order valence-electron chi connectivity index (χ1n) is 6.77. The van der Waals surface area contributed by atoms with Gasteiger partial charge in [-0.3, -0.25) is 4.79 Å². The first kappa shape index (κ1) is 12.1. The molecule has 1 aromatic rings. The molecule has 1 amide bonds. The van der Waals surface area contributed by atoms with Gasteiger partial charge in [0.05, 0.1) is 5.69 Å². The molecule has 19 heavy (non-hydrogen) atoms. The van der Waals surface area contributed by atoms with Crippen LogP contribution >= 0.6 is 0 Å². The zero-order chi connectivity index (χ0) is 13.1. The molecule has 2 aliphatic rings. The summed E-state index contributed by atoms with van der Waals surface area (Å²) in [7, 11) is 0. The smallest absolute Gasteiger partial charge is 0.262 e. The lowest BCUT2D eigenvalue weighted by atomic mass is 9.94. The molecule has 0 bridgehead atoms. The zero-order valence-corrected chi connectivity index (χ0v) is 10.8. The van der Waals surface area contributed by atoms with E-state index in [0.717, 1.165) is 30.1 Å². The van der Waals surface area contributed by atoms with Gasteiger partial charge in [-0.05, 0) is 43.4 Å². The number of nitrogens with one attached hydrogen (secondary N) is 2. The number of carbonyl (C=O) groups is 1. The second kappa shape index (κ2) is 5.34. The number of hydrogen-bond acceptors (Lipinski definition) is 3. The Morgan fingerprint density at radius 2 is 2.32 bits per heavy atom. The highest BCUT2D eigenvalue weighted by Gasteiger charge is 2.16. The Labute approximate surface area is 112 Å². The summed E-state index contributed by atoms with van der Waals surface area (Å²) in [5.74, 6) is 1.35. The Morgan fingerprint density at radius 3 is 3.16 bits per heavy atom. The SMILES string of the molecule is O=C1COc2ccc(NCC3CC=CCC3)cc2N1. The van der Waals surface area contributed by atoms with Gasteiger partial charge in [0.25, 0.3) is 5.91 Å². The molecule has 4 heteroatoms. The van der Waals surface area contributed by atoms with E-state index in [1.165, 1.54) is 12.8 Å². The Balaban J connectivity index is 1.63. The number of amides is 1. The van der Waals surface area contributed by atoms with Gasteiger partial charge in [0.2, 0.25) is 0 Å². The van der Waals surface area contributed by atoms with Crippen molar-refractivity contribution in [3.05, 3.63) is 30.4 Å². The Hall–Kier alpha value is -1.97. The van der Waals surface area contributed by atoms with Gasteiger partial charge in [0, 0.05) is 12.2 Å². The fourth-order valence-electron chi connectivity index (χ4n) is 2.50. The van der Waals surface area contributed by atoms with Crippen molar-refractivity contribution in [2.75, 3.05) is 23.8 Å². The molecule has 1 heterocycles. The molecule has 0 saturated carbocycles. The minimum Gasteiger partial charge on any atom is -0.482 e. The van der Waals surface area contributed by atoms with Crippen molar-refractivity contribution in [2.45, 2.75) is 19.3 Å². The standard InChI is InChI=1S/C15H18N2O2/c18-15-10-19-14-7-6-12(8-13(14)17-15)16-9-11-4-2-1-3-5-11/h1-2,6-8,11,16H,3-5,9-10H2,(H,17,18). The lowest BCUT2D eigenvalue weighted by Gasteiger charge is -2.21. The summed E-state index contributed by atoms with van der Waals surface area (Å²) in [5.41, 5.74) is 1.78. The average molecular weight is 258 g/mol. The van der Waals surface area contributed by atoms with Gasteiger partial charge < -0.3 is 15.4 Å². The van der Waals surface area contributed by atoms with Crippen LogP contribution in [0.4, 0.5) is 11.4 Å². The van der Waals surface area contributed by atoms with Gasteiger partial charge in [-0.25, -0.2) is 0 Å². The number of fused-ring (bicyclic) bond motifs is 1. The third-order valence-electron chi connectivity index (χ3n) is 3.58. The maximum absolute atomic E-state index is 11.3. The fraction of sp³-hybridized carbons (Fsp3) is 0.400. The van der Waals surface area contributed by atoms with E-state index >= 15 is 0 Å². The molecule has 1 unspecified atom stereocenters. The van der Waals surface area contributed by atoms with Crippen LogP contribution in [0.3, 0.4) is 0 Å². The van der Waals surface area contributed by atoms with Gasteiger partial charge in [0.1, 0.15) is 5.75 Å². The normalized spacial score (nSPS) is 21.3. The minimum absolute atomic E-state index is 0.0953. The predicted molar refractivity (Wildman–Crippen MR) is 75.5 cm³/mol. The van der Waals surface area contributed by atoms with E-state index in [2.05, 4.69) is 22.8 Å². The van der Waals surface area contributed by atoms with E-state index in [4.69, 9.17) is 4.74 Å². The van der Waals surface area contributed by atoms with E-state index in [0.29, 0.717) is 5.92 Å². The van der Waals surface area contributed by atoms with Crippen molar-refractivity contribution >= 4 is 17.3 Å². The molecule has 1 atom stereocenters. The highest BCUT2D eigenvalue weighted by Crippen LogP contribution is 2.30. The zero-order valence-electron chi connectivity index (χ0n) is 10.8. The molecule has 2 N–H and O–H groups in total. The van der Waals surface area contributed by atoms with Gasteiger partial charge in [-0.2, -0.15) is 0 Å². The summed E-state index contributed by atoms with van der Waals surface area (Å²) >= 11 is 0. The number of rotatable bonds is 3. The molecule has 100 valence electrons. The van der Waals surface area contributed by atoms with E-state index in [9.17, 15) is 4.79 Å². The van der Waals surface area contributed by atoms with E-state index in [1.807, 2.05) is 18.2 Å². The quantitative estimate of drug-likeness (QED) is 0.820. The Bertz CT molecular complexity index is 511. The molecule has 0 spiro atoms. The molecule has 1 aliphatic carbocycles. The second-order valence-electron chi connectivity index (χ2n) is 5.08. The van der Waals surface area contributed by atoms with Crippen LogP contribution in [-0.2, 0) is 4.79 Å². The van der Waals surface area contributed by atoms with Crippen LogP contribution in [0.5, 0.6) is 5.75 Å². The van der Waals surface area contributed by atoms with Crippen LogP contribution in [0.2, 0.25) is 0 Å². The summed E-state index contributed by atoms with van der Waals surface area (Å²) < 4.78 is 5.34. The number of hydrogen-bond donors (Lipinski definition) is 2. The van der Waals surface area contributed by atoms with Crippen LogP contribution in [0.1, 0.15) is 19.3 Å². The van der Waals surface area contributed by atoms with Crippen LogP contribution in [0, 0.1) is 5.92 Å². The monoisotopic (exact) mass is 258 g/mol. The topological polar surface area (TPSA) is 50.4 Å². The highest BCUT2D eigenvalue weighted by molar-refractivity contribution is 5.96. The van der Waals surface area contributed by atoms with Crippen LogP contribution in [0.15, 0.2) is 30.4 Å². The molecule has 3 rings (SSSR count). The fourth-order valence-corrected chi connectivity index (χ4v) is 2.50. The molecule has 1 aliphatic heterocycles. The molecule has 0 saturated heterocycles. The van der Waals surface area contributed by atoms with Crippen molar-refractivity contribution < 1.29 is 9.53 Å². The second-order valence-corrected chi connectivity index (χ2v) is 5.08. The van der Waals surface area contributed by atoms with Crippen LogP contribution in [-0.4, -0.2) is 19.1 Å². The lowest BCUT2D eigenvalue weighted by Crippen LogP contribution is -2.25. The molecule has 0 aromatic heterocycles. The summed E-state index contributed by atoms with van der Waals surface area (Å²) in [6.07, 6.45) is 8.09. The van der Waals surface area contributed by atoms with Crippen molar-refractivity contribution in [3.8, 4) is 5.75 Å². The highest BCUT2D eigenvalue weighted by atomic mass is 16.5. The molecule has 4 nitrogen and oxygen atoms in total. The molecule has 1 aromatic carbocycles. The molecule has 0 radical (unpaired) electrons. The Morgan fingerprint density at radius 1 is 1.37 bits per heavy atom. The van der Waals surface area contributed by atoms with E-state index < -0.39 is 0 Å². The third kappa shape index (κ3) is 2.89. The number of ether oxygens (including phenoxy) is 1. The van der Waals surface area contributed by atoms with Crippen molar-refractivity contribution in [2.24, 2.45) is 5.92 Å². The first-order valence-corrected chi connectivity index (χ1v) is 6.77. The maximum atomic E-state index is 11.3. The summed E-state index contributed by atoms with van der Waals surface area (Å²) in [6, 6.07) is 5.83. The number of allylic oxidation sites excluding steroid dienone is 2. The van der Waals surface area contributed by atoms with Gasteiger partial charge in [-0.15, -0.1) is 0 Å². The first-order chi connectivity index (χ1) is 9.31. The average Bonchev–Trinajstić information content (AvgIpc) is 2.46. The minimum atomic E-state index is -0.0953. The summed E-state index contributed by atoms with van der Waals surface area (Å²) in [5, 5.41) is 6.26. The van der Waals surface area contributed by atoms with Crippen molar-refractivity contribution in [1.82, 2.24) is 0 Å². The molecular formula is C15H18N2O2. The molecule has 0 fully saturated rings. The number of anilines is 2. The predicted octanol–water partition coefficient (Wildman–Crippen LogP) is 2.79. The van der Waals surface area contributed by atoms with Gasteiger partial charge >= 0.3 is 0 Å². The van der Waals surface area contributed by atoms with Crippen molar-refractivity contribution in [1.29, 1.82) is 0 Å². The van der Waals surface area contributed by atoms with Gasteiger partial charge in [-0.1, -0.05) is 12.2 Å². The number of carbonyl (C=O) groups excluding carboxylic acids is 1. The van der Waals surface area contributed by atoms with E-state index in [-0.39, 0.29) is 12.5 Å². The largest absolute Gasteiger partial charge is 0.482 e. The van der Waals surface area contributed by atoms with Crippen LogP contribution < -0.4 is 15.4 Å².